The molecule has 0 aromatic heterocycles. The Morgan fingerprint density at radius 2 is 2.45 bits per heavy atom. The van der Waals surface area contributed by atoms with E-state index in [-0.39, 0.29) is 18.4 Å². The van der Waals surface area contributed by atoms with Gasteiger partial charge in [-0.2, -0.15) is 0 Å². The number of rotatable bonds is 3. The largest absolute Gasteiger partial charge is 0.377 e. The highest BCUT2D eigenvalue weighted by Gasteiger charge is 2.19. The summed E-state index contributed by atoms with van der Waals surface area (Å²) >= 11 is 0. The predicted octanol–water partition coefficient (Wildman–Crippen LogP) is 0.344. The Hall–Kier alpha value is -0.410. The Morgan fingerprint density at radius 3 is 3.00 bits per heavy atom. The highest BCUT2D eigenvalue weighted by molar-refractivity contribution is 5.85. The average Bonchev–Trinajstić information content (AvgIpc) is 2.07. The van der Waals surface area contributed by atoms with Crippen molar-refractivity contribution < 1.29 is 9.53 Å². The lowest BCUT2D eigenvalue weighted by atomic mass is 10.0. The van der Waals surface area contributed by atoms with Gasteiger partial charge in [-0.15, -0.1) is 0 Å². The van der Waals surface area contributed by atoms with Crippen molar-refractivity contribution >= 4 is 5.78 Å². The predicted molar refractivity (Wildman–Crippen MR) is 42.5 cm³/mol. The maximum Gasteiger partial charge on any atom is 0.175 e. The van der Waals surface area contributed by atoms with Gasteiger partial charge in [0.05, 0.1) is 6.04 Å². The number of hydrogen-bond acceptors (Lipinski definition) is 3. The van der Waals surface area contributed by atoms with Gasteiger partial charge in [0.2, 0.25) is 0 Å². The van der Waals surface area contributed by atoms with Crippen molar-refractivity contribution in [1.82, 2.24) is 5.32 Å². The first-order valence-corrected chi connectivity index (χ1v) is 4.09. The quantitative estimate of drug-likeness (QED) is 0.642. The average molecular weight is 157 g/mol. The van der Waals surface area contributed by atoms with Gasteiger partial charge < -0.3 is 10.1 Å². The lowest BCUT2D eigenvalue weighted by Gasteiger charge is -2.21. The fourth-order valence-corrected chi connectivity index (χ4v) is 1.37. The zero-order valence-corrected chi connectivity index (χ0v) is 6.93. The van der Waals surface area contributed by atoms with E-state index in [1.54, 1.807) is 7.11 Å². The van der Waals surface area contributed by atoms with Crippen LogP contribution in [0.3, 0.4) is 0 Å². The maximum atomic E-state index is 11.2. The van der Waals surface area contributed by atoms with Crippen molar-refractivity contribution in [2.75, 3.05) is 20.3 Å². The highest BCUT2D eigenvalue weighted by Crippen LogP contribution is 2.07. The topological polar surface area (TPSA) is 38.3 Å². The number of Topliss-reactive ketones (excluding diaryl/α,β-unsaturated/α-hetero) is 1. The van der Waals surface area contributed by atoms with Gasteiger partial charge in [0, 0.05) is 7.11 Å². The Kier molecular flexibility index (Phi) is 3.52. The Bertz CT molecular complexity index is 130. The Morgan fingerprint density at radius 1 is 1.64 bits per heavy atom. The molecule has 11 heavy (non-hydrogen) atoms. The summed E-state index contributed by atoms with van der Waals surface area (Å²) in [6, 6.07) is 0.0590. The molecule has 1 heterocycles. The number of carbonyl (C=O) groups is 1. The first-order chi connectivity index (χ1) is 5.34. The molecular formula is C8H15NO2. The van der Waals surface area contributed by atoms with Crippen LogP contribution in [0.4, 0.5) is 0 Å². The van der Waals surface area contributed by atoms with Gasteiger partial charge in [-0.1, -0.05) is 6.42 Å². The fraction of sp³-hybridized carbons (Fsp3) is 0.875. The van der Waals surface area contributed by atoms with E-state index in [4.69, 9.17) is 4.74 Å². The standard InChI is InChI=1S/C8H15NO2/c1-11-6-8(10)7-4-2-3-5-9-7/h7,9H,2-6H2,1H3. The number of nitrogens with one attached hydrogen (secondary N) is 1. The van der Waals surface area contributed by atoms with Crippen LogP contribution in [0.15, 0.2) is 0 Å². The molecule has 1 unspecified atom stereocenters. The minimum absolute atomic E-state index is 0.0590. The third-order valence-corrected chi connectivity index (χ3v) is 1.99. The minimum Gasteiger partial charge on any atom is -0.377 e. The number of ether oxygens (including phenoxy) is 1. The van der Waals surface area contributed by atoms with Crippen LogP contribution in [0.1, 0.15) is 19.3 Å². The summed E-state index contributed by atoms with van der Waals surface area (Å²) < 4.78 is 4.77. The van der Waals surface area contributed by atoms with Crippen LogP contribution >= 0.6 is 0 Å². The summed E-state index contributed by atoms with van der Waals surface area (Å²) in [7, 11) is 1.56. The van der Waals surface area contributed by atoms with Crippen molar-refractivity contribution in [2.45, 2.75) is 25.3 Å². The first kappa shape index (κ1) is 8.68. The van der Waals surface area contributed by atoms with Crippen molar-refractivity contribution in [3.8, 4) is 0 Å². The van der Waals surface area contributed by atoms with Crippen LogP contribution < -0.4 is 5.32 Å². The summed E-state index contributed by atoms with van der Waals surface area (Å²) in [6.07, 6.45) is 3.33. The Balaban J connectivity index is 2.27. The van der Waals surface area contributed by atoms with E-state index in [1.165, 1.54) is 6.42 Å². The maximum absolute atomic E-state index is 11.2. The molecule has 0 radical (unpaired) electrons. The van der Waals surface area contributed by atoms with Crippen LogP contribution in [-0.2, 0) is 9.53 Å². The molecule has 1 aliphatic heterocycles. The van der Waals surface area contributed by atoms with Gasteiger partial charge in [0.15, 0.2) is 5.78 Å². The second-order valence-electron chi connectivity index (χ2n) is 2.90. The third-order valence-electron chi connectivity index (χ3n) is 1.99. The smallest absolute Gasteiger partial charge is 0.175 e. The van der Waals surface area contributed by atoms with Crippen molar-refractivity contribution in [2.24, 2.45) is 0 Å². The van der Waals surface area contributed by atoms with E-state index in [0.29, 0.717) is 0 Å². The zero-order valence-electron chi connectivity index (χ0n) is 6.93. The van der Waals surface area contributed by atoms with Crippen molar-refractivity contribution in [3.05, 3.63) is 0 Å². The summed E-state index contributed by atoms with van der Waals surface area (Å²) in [4.78, 5) is 11.2. The normalized spacial score (nSPS) is 25.0. The summed E-state index contributed by atoms with van der Waals surface area (Å²) in [5, 5.41) is 3.17. The van der Waals surface area contributed by atoms with Gasteiger partial charge in [-0.05, 0) is 19.4 Å². The molecule has 64 valence electrons. The lowest BCUT2D eigenvalue weighted by molar-refractivity contribution is -0.125. The van der Waals surface area contributed by atoms with Crippen molar-refractivity contribution in [1.29, 1.82) is 0 Å². The molecule has 0 aliphatic carbocycles. The molecule has 0 bridgehead atoms. The summed E-state index contributed by atoms with van der Waals surface area (Å²) in [5.74, 6) is 0.187. The fourth-order valence-electron chi connectivity index (χ4n) is 1.37. The van der Waals surface area contributed by atoms with E-state index >= 15 is 0 Å². The monoisotopic (exact) mass is 157 g/mol. The lowest BCUT2D eigenvalue weighted by Crippen LogP contribution is -2.41. The molecule has 0 aromatic carbocycles. The minimum atomic E-state index is 0.0590. The molecule has 1 fully saturated rings. The number of hydrogen-bond donors (Lipinski definition) is 1. The molecule has 1 rings (SSSR count). The third kappa shape index (κ3) is 2.60. The number of methoxy groups -OCH3 is 1. The van der Waals surface area contributed by atoms with E-state index in [0.717, 1.165) is 19.4 Å². The molecular weight excluding hydrogens is 142 g/mol. The molecule has 0 amide bonds. The van der Waals surface area contributed by atoms with Gasteiger partial charge in [-0.25, -0.2) is 0 Å². The van der Waals surface area contributed by atoms with Crippen LogP contribution in [0, 0.1) is 0 Å². The molecule has 0 aromatic rings. The zero-order chi connectivity index (χ0) is 8.10. The number of piperidine rings is 1. The number of carbonyl (C=O) groups excluding carboxylic acids is 1. The van der Waals surface area contributed by atoms with E-state index < -0.39 is 0 Å². The van der Waals surface area contributed by atoms with Crippen LogP contribution in [0.5, 0.6) is 0 Å². The van der Waals surface area contributed by atoms with Crippen molar-refractivity contribution in [3.63, 3.8) is 0 Å². The molecule has 3 nitrogen and oxygen atoms in total. The van der Waals surface area contributed by atoms with Crippen LogP contribution in [-0.4, -0.2) is 32.1 Å². The molecule has 0 saturated carbocycles. The van der Waals surface area contributed by atoms with Gasteiger partial charge >= 0.3 is 0 Å². The highest BCUT2D eigenvalue weighted by atomic mass is 16.5. The molecule has 1 atom stereocenters. The molecule has 0 spiro atoms. The summed E-state index contributed by atoms with van der Waals surface area (Å²) in [6.45, 7) is 1.22. The second kappa shape index (κ2) is 4.46. The Labute approximate surface area is 67.1 Å². The number of ketones is 1. The molecule has 1 aliphatic rings. The summed E-state index contributed by atoms with van der Waals surface area (Å²) in [5.41, 5.74) is 0. The van der Waals surface area contributed by atoms with Crippen LogP contribution in [0.25, 0.3) is 0 Å². The SMILES string of the molecule is COCC(=O)C1CCCCN1. The molecule has 1 saturated heterocycles. The van der Waals surface area contributed by atoms with E-state index in [1.807, 2.05) is 0 Å². The van der Waals surface area contributed by atoms with Gasteiger partial charge in [0.25, 0.3) is 0 Å². The molecule has 3 heteroatoms. The van der Waals surface area contributed by atoms with Crippen LogP contribution in [0.2, 0.25) is 0 Å². The molecule has 1 N–H and O–H groups in total. The van der Waals surface area contributed by atoms with E-state index in [2.05, 4.69) is 5.32 Å². The van der Waals surface area contributed by atoms with E-state index in [9.17, 15) is 4.79 Å². The first-order valence-electron chi connectivity index (χ1n) is 4.09. The second-order valence-corrected chi connectivity index (χ2v) is 2.90. The van der Waals surface area contributed by atoms with Gasteiger partial charge in [-0.3, -0.25) is 4.79 Å². The van der Waals surface area contributed by atoms with Gasteiger partial charge in [0.1, 0.15) is 6.61 Å².